The summed E-state index contributed by atoms with van der Waals surface area (Å²) >= 11 is 0. The highest BCUT2D eigenvalue weighted by atomic mass is 15.0. The predicted molar refractivity (Wildman–Crippen MR) is 56.7 cm³/mol. The Morgan fingerprint density at radius 3 is 3.07 bits per heavy atom. The van der Waals surface area contributed by atoms with Gasteiger partial charge in [0.05, 0.1) is 11.3 Å². The molecule has 0 aliphatic rings. The molecular formula is C10H12N4. The lowest BCUT2D eigenvalue weighted by Crippen LogP contribution is -2.07. The van der Waals surface area contributed by atoms with Gasteiger partial charge in [0.15, 0.2) is 5.82 Å². The number of hydrogen-bond acceptors (Lipinski definition) is 4. The van der Waals surface area contributed by atoms with Crippen molar-refractivity contribution in [2.24, 2.45) is 0 Å². The van der Waals surface area contributed by atoms with Crippen LogP contribution in [0, 0.1) is 11.3 Å². The second-order valence-electron chi connectivity index (χ2n) is 3.04. The molecule has 0 saturated heterocycles. The molecule has 0 aliphatic carbocycles. The van der Waals surface area contributed by atoms with E-state index in [1.54, 1.807) is 12.3 Å². The van der Waals surface area contributed by atoms with Crippen molar-refractivity contribution in [3.8, 4) is 6.07 Å². The van der Waals surface area contributed by atoms with E-state index in [0.717, 1.165) is 5.57 Å². The van der Waals surface area contributed by atoms with Crippen LogP contribution in [0.5, 0.6) is 0 Å². The molecule has 0 bridgehead atoms. The normalized spacial score (nSPS) is 9.14. The summed E-state index contributed by atoms with van der Waals surface area (Å²) in [5.41, 5.74) is 7.50. The van der Waals surface area contributed by atoms with Gasteiger partial charge in [-0.2, -0.15) is 5.26 Å². The van der Waals surface area contributed by atoms with Crippen LogP contribution in [-0.2, 0) is 0 Å². The van der Waals surface area contributed by atoms with Gasteiger partial charge in [-0.15, -0.1) is 0 Å². The first-order valence-electron chi connectivity index (χ1n) is 4.18. The van der Waals surface area contributed by atoms with Crippen LogP contribution in [0.4, 0.5) is 11.5 Å². The molecule has 3 N–H and O–H groups in total. The fourth-order valence-corrected chi connectivity index (χ4v) is 0.946. The van der Waals surface area contributed by atoms with Gasteiger partial charge in [0.2, 0.25) is 0 Å². The highest BCUT2D eigenvalue weighted by Gasteiger charge is 2.04. The molecule has 4 heteroatoms. The Balaban J connectivity index is 2.88. The third-order valence-corrected chi connectivity index (χ3v) is 1.67. The number of nitrogens with two attached hydrogens (primary N) is 1. The summed E-state index contributed by atoms with van der Waals surface area (Å²) < 4.78 is 0. The van der Waals surface area contributed by atoms with Crippen LogP contribution < -0.4 is 11.1 Å². The van der Waals surface area contributed by atoms with Crippen LogP contribution in [0.15, 0.2) is 24.4 Å². The van der Waals surface area contributed by atoms with Crippen LogP contribution in [0.1, 0.15) is 12.5 Å². The van der Waals surface area contributed by atoms with E-state index in [2.05, 4.69) is 16.9 Å². The fraction of sp³-hybridized carbons (Fsp3) is 0.200. The lowest BCUT2D eigenvalue weighted by Gasteiger charge is -2.08. The molecule has 0 atom stereocenters. The maximum absolute atomic E-state index is 8.72. The SMILES string of the molecule is C=C(C)CNc1nccc(C#N)c1N. The summed E-state index contributed by atoms with van der Waals surface area (Å²) in [5, 5.41) is 11.7. The largest absolute Gasteiger partial charge is 0.395 e. The summed E-state index contributed by atoms with van der Waals surface area (Å²) in [4.78, 5) is 4.03. The Morgan fingerprint density at radius 2 is 2.50 bits per heavy atom. The molecule has 0 amide bonds. The van der Waals surface area contributed by atoms with E-state index in [4.69, 9.17) is 11.0 Å². The lowest BCUT2D eigenvalue weighted by molar-refractivity contribution is 1.17. The van der Waals surface area contributed by atoms with Crippen molar-refractivity contribution in [3.05, 3.63) is 30.0 Å². The van der Waals surface area contributed by atoms with Crippen LogP contribution in [-0.4, -0.2) is 11.5 Å². The van der Waals surface area contributed by atoms with Crippen molar-refractivity contribution in [3.63, 3.8) is 0 Å². The first-order valence-corrected chi connectivity index (χ1v) is 4.18. The summed E-state index contributed by atoms with van der Waals surface area (Å²) in [6.45, 7) is 6.25. The third-order valence-electron chi connectivity index (χ3n) is 1.67. The van der Waals surface area contributed by atoms with Crippen LogP contribution in [0.2, 0.25) is 0 Å². The van der Waals surface area contributed by atoms with Gasteiger partial charge in [0.25, 0.3) is 0 Å². The number of nitriles is 1. The van der Waals surface area contributed by atoms with Crippen molar-refractivity contribution >= 4 is 11.5 Å². The summed E-state index contributed by atoms with van der Waals surface area (Å²) in [6.07, 6.45) is 1.55. The zero-order chi connectivity index (χ0) is 10.6. The number of nitrogen functional groups attached to an aromatic ring is 1. The van der Waals surface area contributed by atoms with Gasteiger partial charge >= 0.3 is 0 Å². The number of nitrogens with zero attached hydrogens (tertiary/aromatic N) is 2. The van der Waals surface area contributed by atoms with Gasteiger partial charge in [-0.05, 0) is 13.0 Å². The van der Waals surface area contributed by atoms with Crippen LogP contribution >= 0.6 is 0 Å². The van der Waals surface area contributed by atoms with Gasteiger partial charge in [0.1, 0.15) is 6.07 Å². The molecule has 1 aromatic heterocycles. The van der Waals surface area contributed by atoms with Crippen molar-refractivity contribution in [2.45, 2.75) is 6.92 Å². The molecule has 72 valence electrons. The molecule has 4 nitrogen and oxygen atoms in total. The Morgan fingerprint density at radius 1 is 1.79 bits per heavy atom. The molecule has 1 aromatic rings. The van der Waals surface area contributed by atoms with Gasteiger partial charge < -0.3 is 11.1 Å². The molecule has 14 heavy (non-hydrogen) atoms. The zero-order valence-electron chi connectivity index (χ0n) is 8.04. The Labute approximate surface area is 83.1 Å². The average Bonchev–Trinajstić information content (AvgIpc) is 2.16. The second kappa shape index (κ2) is 4.28. The monoisotopic (exact) mass is 188 g/mol. The van der Waals surface area contributed by atoms with E-state index in [1.807, 2.05) is 13.0 Å². The van der Waals surface area contributed by atoms with E-state index in [-0.39, 0.29) is 0 Å². The molecule has 0 spiro atoms. The molecule has 0 fully saturated rings. The van der Waals surface area contributed by atoms with Crippen LogP contribution in [0.3, 0.4) is 0 Å². The second-order valence-corrected chi connectivity index (χ2v) is 3.04. The summed E-state index contributed by atoms with van der Waals surface area (Å²) in [7, 11) is 0. The number of hydrogen-bond donors (Lipinski definition) is 2. The van der Waals surface area contributed by atoms with Crippen molar-refractivity contribution in [2.75, 3.05) is 17.6 Å². The van der Waals surface area contributed by atoms with E-state index in [0.29, 0.717) is 23.6 Å². The number of anilines is 2. The highest BCUT2D eigenvalue weighted by Crippen LogP contribution is 2.18. The highest BCUT2D eigenvalue weighted by molar-refractivity contribution is 5.68. The maximum atomic E-state index is 8.72. The van der Waals surface area contributed by atoms with E-state index >= 15 is 0 Å². The number of aromatic nitrogens is 1. The predicted octanol–water partition coefficient (Wildman–Crippen LogP) is 1.52. The molecule has 0 unspecified atom stereocenters. The first-order chi connectivity index (χ1) is 6.65. The summed E-state index contributed by atoms with van der Waals surface area (Å²) in [6, 6.07) is 3.58. The first kappa shape index (κ1) is 10.1. The minimum atomic E-state index is 0.385. The molecular weight excluding hydrogens is 176 g/mol. The minimum absolute atomic E-state index is 0.385. The number of nitrogens with one attached hydrogen (secondary N) is 1. The molecule has 0 radical (unpaired) electrons. The minimum Gasteiger partial charge on any atom is -0.395 e. The van der Waals surface area contributed by atoms with Crippen LogP contribution in [0.25, 0.3) is 0 Å². The molecule has 0 aliphatic heterocycles. The molecule has 1 heterocycles. The van der Waals surface area contributed by atoms with Gasteiger partial charge in [-0.25, -0.2) is 4.98 Å². The van der Waals surface area contributed by atoms with E-state index < -0.39 is 0 Å². The quantitative estimate of drug-likeness (QED) is 0.705. The smallest absolute Gasteiger partial charge is 0.150 e. The topological polar surface area (TPSA) is 74.7 Å². The van der Waals surface area contributed by atoms with Gasteiger partial charge in [0, 0.05) is 12.7 Å². The number of pyridine rings is 1. The Kier molecular flexibility index (Phi) is 3.08. The average molecular weight is 188 g/mol. The number of rotatable bonds is 3. The van der Waals surface area contributed by atoms with E-state index in [1.165, 1.54) is 0 Å². The van der Waals surface area contributed by atoms with Gasteiger partial charge in [-0.3, -0.25) is 0 Å². The Hall–Kier alpha value is -2.02. The van der Waals surface area contributed by atoms with Crippen molar-refractivity contribution in [1.29, 1.82) is 5.26 Å². The third kappa shape index (κ3) is 2.23. The van der Waals surface area contributed by atoms with Crippen molar-refractivity contribution < 1.29 is 0 Å². The molecule has 1 rings (SSSR count). The molecule has 0 saturated carbocycles. The lowest BCUT2D eigenvalue weighted by atomic mass is 10.2. The summed E-state index contributed by atoms with van der Waals surface area (Å²) in [5.74, 6) is 0.534. The van der Waals surface area contributed by atoms with Crippen molar-refractivity contribution in [1.82, 2.24) is 4.98 Å². The fourth-order valence-electron chi connectivity index (χ4n) is 0.946. The maximum Gasteiger partial charge on any atom is 0.150 e. The zero-order valence-corrected chi connectivity index (χ0v) is 8.04. The van der Waals surface area contributed by atoms with Gasteiger partial charge in [-0.1, -0.05) is 12.2 Å². The molecule has 0 aromatic carbocycles. The van der Waals surface area contributed by atoms with E-state index in [9.17, 15) is 0 Å². The Bertz CT molecular complexity index is 390. The standard InChI is InChI=1S/C10H12N4/c1-7(2)6-14-10-9(12)8(5-11)3-4-13-10/h3-4H,1,6,12H2,2H3,(H,13,14).